The first-order valence-electron chi connectivity index (χ1n) is 7.15. The van der Waals surface area contributed by atoms with Crippen molar-refractivity contribution in [2.45, 2.75) is 31.0 Å². The van der Waals surface area contributed by atoms with Crippen LogP contribution < -0.4 is 0 Å². The van der Waals surface area contributed by atoms with Crippen LogP contribution in [-0.2, 0) is 6.18 Å². The van der Waals surface area contributed by atoms with Crippen molar-refractivity contribution in [2.24, 2.45) is 0 Å². The van der Waals surface area contributed by atoms with Gasteiger partial charge in [-0.3, -0.25) is 0 Å². The maximum Gasteiger partial charge on any atom is 0.421 e. The SMILES string of the molecule is CC(O)CSCC(O)(C=Cc1ccc(C#N)c(C(F)(F)F)c1)C(F)(F)F. The number of alkyl halides is 6. The van der Waals surface area contributed by atoms with E-state index >= 15 is 0 Å². The van der Waals surface area contributed by atoms with Crippen LogP contribution in [0.15, 0.2) is 24.3 Å². The van der Waals surface area contributed by atoms with Crippen molar-refractivity contribution in [3.8, 4) is 6.07 Å². The lowest BCUT2D eigenvalue weighted by Crippen LogP contribution is -2.45. The van der Waals surface area contributed by atoms with Gasteiger partial charge in [0, 0.05) is 11.5 Å². The Kier molecular flexibility index (Phi) is 7.16. The first kappa shape index (κ1) is 22.3. The molecule has 0 saturated carbocycles. The standard InChI is InChI=1S/C16H15F6NO2S/c1-10(24)8-26-9-14(25,16(20,21)22)5-4-11-2-3-12(7-23)13(6-11)15(17,18)19/h2-6,10,24-25H,8-9H2,1H3. The predicted molar refractivity (Wildman–Crippen MR) is 85.2 cm³/mol. The molecular formula is C16H15F6NO2S. The summed E-state index contributed by atoms with van der Waals surface area (Å²) >= 11 is 0.649. The van der Waals surface area contributed by atoms with E-state index in [9.17, 15) is 31.4 Å². The highest BCUT2D eigenvalue weighted by atomic mass is 32.2. The molecule has 10 heteroatoms. The number of halogens is 6. The summed E-state index contributed by atoms with van der Waals surface area (Å²) in [5, 5.41) is 27.6. The number of aliphatic hydroxyl groups is 2. The van der Waals surface area contributed by atoms with Crippen LogP contribution in [0, 0.1) is 11.3 Å². The lowest BCUT2D eigenvalue weighted by Gasteiger charge is -2.27. The van der Waals surface area contributed by atoms with Gasteiger partial charge in [0.25, 0.3) is 0 Å². The molecular weight excluding hydrogens is 384 g/mol. The van der Waals surface area contributed by atoms with E-state index in [1.54, 1.807) is 0 Å². The van der Waals surface area contributed by atoms with Gasteiger partial charge in [0.15, 0.2) is 5.60 Å². The van der Waals surface area contributed by atoms with E-state index in [1.165, 1.54) is 13.0 Å². The second-order valence-corrected chi connectivity index (χ2v) is 6.56. The summed E-state index contributed by atoms with van der Waals surface area (Å²) in [6.07, 6.45) is -9.71. The summed E-state index contributed by atoms with van der Waals surface area (Å²) in [6.45, 7) is 1.37. The Bertz CT molecular complexity index is 693. The lowest BCUT2D eigenvalue weighted by molar-refractivity contribution is -0.230. The number of benzene rings is 1. The molecule has 0 radical (unpaired) electrons. The minimum Gasteiger partial charge on any atom is -0.393 e. The molecule has 26 heavy (non-hydrogen) atoms. The van der Waals surface area contributed by atoms with Crippen LogP contribution in [0.25, 0.3) is 6.08 Å². The predicted octanol–water partition coefficient (Wildman–Crippen LogP) is 4.00. The van der Waals surface area contributed by atoms with Gasteiger partial charge in [0.05, 0.1) is 23.3 Å². The summed E-state index contributed by atoms with van der Waals surface area (Å²) in [7, 11) is 0. The average Bonchev–Trinajstić information content (AvgIpc) is 2.50. The third kappa shape index (κ3) is 5.93. The van der Waals surface area contributed by atoms with Crippen LogP contribution in [0.4, 0.5) is 26.3 Å². The molecule has 0 saturated heterocycles. The van der Waals surface area contributed by atoms with Crippen LogP contribution in [-0.4, -0.2) is 39.6 Å². The molecule has 2 atom stereocenters. The normalized spacial score (nSPS) is 16.3. The first-order valence-corrected chi connectivity index (χ1v) is 8.31. The summed E-state index contributed by atoms with van der Waals surface area (Å²) < 4.78 is 78.0. The van der Waals surface area contributed by atoms with Gasteiger partial charge in [0.1, 0.15) is 0 Å². The smallest absolute Gasteiger partial charge is 0.393 e. The number of aliphatic hydroxyl groups excluding tert-OH is 1. The Morgan fingerprint density at radius 1 is 1.23 bits per heavy atom. The number of nitriles is 1. The van der Waals surface area contributed by atoms with E-state index in [0.29, 0.717) is 30.0 Å². The van der Waals surface area contributed by atoms with Gasteiger partial charge < -0.3 is 10.2 Å². The highest BCUT2D eigenvalue weighted by Crippen LogP contribution is 2.36. The van der Waals surface area contributed by atoms with E-state index < -0.39 is 40.9 Å². The molecule has 144 valence electrons. The number of hydrogen-bond donors (Lipinski definition) is 2. The topological polar surface area (TPSA) is 64.2 Å². The molecule has 0 aliphatic carbocycles. The van der Waals surface area contributed by atoms with E-state index in [0.717, 1.165) is 12.1 Å². The minimum atomic E-state index is -5.06. The Labute approximate surface area is 149 Å². The third-order valence-corrected chi connectivity index (χ3v) is 4.56. The summed E-state index contributed by atoms with van der Waals surface area (Å²) in [5.41, 5.74) is -5.47. The van der Waals surface area contributed by atoms with Gasteiger partial charge in [-0.2, -0.15) is 43.4 Å². The molecule has 0 aromatic heterocycles. The fraction of sp³-hybridized carbons (Fsp3) is 0.438. The molecule has 0 heterocycles. The maximum atomic E-state index is 13.1. The number of rotatable bonds is 6. The Morgan fingerprint density at radius 3 is 2.31 bits per heavy atom. The highest BCUT2D eigenvalue weighted by Gasteiger charge is 2.51. The molecule has 2 unspecified atom stereocenters. The molecule has 2 N–H and O–H groups in total. The summed E-state index contributed by atoms with van der Waals surface area (Å²) in [4.78, 5) is 0. The zero-order chi connectivity index (χ0) is 20.2. The van der Waals surface area contributed by atoms with Gasteiger partial charge in [-0.15, -0.1) is 0 Å². The average molecular weight is 399 g/mol. The van der Waals surface area contributed by atoms with Crippen molar-refractivity contribution < 1.29 is 36.6 Å². The van der Waals surface area contributed by atoms with E-state index in [-0.39, 0.29) is 11.3 Å². The second kappa shape index (κ2) is 8.33. The van der Waals surface area contributed by atoms with E-state index in [1.807, 2.05) is 0 Å². The van der Waals surface area contributed by atoms with Crippen molar-refractivity contribution in [1.82, 2.24) is 0 Å². The van der Waals surface area contributed by atoms with Crippen LogP contribution >= 0.6 is 11.8 Å². The van der Waals surface area contributed by atoms with Gasteiger partial charge in [-0.05, 0) is 30.7 Å². The molecule has 1 aromatic rings. The van der Waals surface area contributed by atoms with Crippen molar-refractivity contribution in [1.29, 1.82) is 5.26 Å². The van der Waals surface area contributed by atoms with E-state index in [2.05, 4.69) is 0 Å². The fourth-order valence-corrected chi connectivity index (χ4v) is 2.87. The second-order valence-electron chi connectivity index (χ2n) is 5.53. The number of thioether (sulfide) groups is 1. The molecule has 0 aliphatic rings. The van der Waals surface area contributed by atoms with Crippen molar-refractivity contribution in [3.63, 3.8) is 0 Å². The molecule has 1 aromatic carbocycles. The van der Waals surface area contributed by atoms with Crippen molar-refractivity contribution in [2.75, 3.05) is 11.5 Å². The molecule has 0 bridgehead atoms. The van der Waals surface area contributed by atoms with Crippen molar-refractivity contribution in [3.05, 3.63) is 41.0 Å². The van der Waals surface area contributed by atoms with Gasteiger partial charge >= 0.3 is 12.4 Å². The van der Waals surface area contributed by atoms with Gasteiger partial charge in [-0.25, -0.2) is 0 Å². The van der Waals surface area contributed by atoms with Gasteiger partial charge in [0.2, 0.25) is 0 Å². The molecule has 0 amide bonds. The van der Waals surface area contributed by atoms with E-state index in [4.69, 9.17) is 10.4 Å². The van der Waals surface area contributed by atoms with Crippen LogP contribution in [0.2, 0.25) is 0 Å². The number of hydrogen-bond acceptors (Lipinski definition) is 4. The van der Waals surface area contributed by atoms with Crippen LogP contribution in [0.1, 0.15) is 23.6 Å². The molecule has 1 rings (SSSR count). The monoisotopic (exact) mass is 399 g/mol. The zero-order valence-electron chi connectivity index (χ0n) is 13.4. The molecule has 0 spiro atoms. The lowest BCUT2D eigenvalue weighted by atomic mass is 10.0. The minimum absolute atomic E-state index is 0.0542. The van der Waals surface area contributed by atoms with Crippen LogP contribution in [0.3, 0.4) is 0 Å². The molecule has 0 aliphatic heterocycles. The largest absolute Gasteiger partial charge is 0.421 e. The first-order chi connectivity index (χ1) is 11.8. The highest BCUT2D eigenvalue weighted by molar-refractivity contribution is 7.99. The summed E-state index contributed by atoms with van der Waals surface area (Å²) in [6, 6.07) is 3.79. The Morgan fingerprint density at radius 2 is 1.85 bits per heavy atom. The van der Waals surface area contributed by atoms with Crippen LogP contribution in [0.5, 0.6) is 0 Å². The maximum absolute atomic E-state index is 13.1. The quantitative estimate of drug-likeness (QED) is 0.710. The fourth-order valence-electron chi connectivity index (χ4n) is 1.84. The zero-order valence-corrected chi connectivity index (χ0v) is 14.2. The molecule has 3 nitrogen and oxygen atoms in total. The number of nitrogens with zero attached hydrogens (tertiary/aromatic N) is 1. The molecule has 0 fully saturated rings. The Hall–Kier alpha value is -1.70. The third-order valence-electron chi connectivity index (χ3n) is 3.19. The Balaban J connectivity index is 3.16. The van der Waals surface area contributed by atoms with Gasteiger partial charge in [-0.1, -0.05) is 12.1 Å². The summed E-state index contributed by atoms with van der Waals surface area (Å²) in [5.74, 6) is -0.887. The van der Waals surface area contributed by atoms with Crippen molar-refractivity contribution >= 4 is 17.8 Å².